The van der Waals surface area contributed by atoms with Gasteiger partial charge in [-0.25, -0.2) is 0 Å². The van der Waals surface area contributed by atoms with E-state index in [-0.39, 0.29) is 0 Å². The second kappa shape index (κ2) is 6.49. The molecular weight excluding hydrogens is 260 g/mol. The summed E-state index contributed by atoms with van der Waals surface area (Å²) in [7, 11) is 5.90. The van der Waals surface area contributed by atoms with Crippen LogP contribution >= 0.6 is 11.6 Å². The first kappa shape index (κ1) is 14.5. The van der Waals surface area contributed by atoms with Crippen molar-refractivity contribution in [3.05, 3.63) is 23.2 Å². The maximum absolute atomic E-state index is 6.11. The molecule has 1 saturated carbocycles. The number of hydrogen-bond donors (Lipinski definition) is 1. The fourth-order valence-corrected chi connectivity index (χ4v) is 2.90. The van der Waals surface area contributed by atoms with Gasteiger partial charge in [0.25, 0.3) is 0 Å². The molecule has 2 atom stereocenters. The number of nitrogens with zero attached hydrogens (tertiary/aromatic N) is 1. The van der Waals surface area contributed by atoms with Crippen LogP contribution in [0.5, 0.6) is 0 Å². The van der Waals surface area contributed by atoms with E-state index in [2.05, 4.69) is 16.3 Å². The van der Waals surface area contributed by atoms with Crippen molar-refractivity contribution in [1.82, 2.24) is 0 Å². The molecule has 1 fully saturated rings. The molecule has 0 heterocycles. The lowest BCUT2D eigenvalue weighted by Gasteiger charge is -2.31. The van der Waals surface area contributed by atoms with E-state index in [0.29, 0.717) is 12.1 Å². The Morgan fingerprint density at radius 1 is 1.32 bits per heavy atom. The van der Waals surface area contributed by atoms with Crippen molar-refractivity contribution in [2.24, 2.45) is 0 Å². The summed E-state index contributed by atoms with van der Waals surface area (Å²) in [5, 5.41) is 4.40. The van der Waals surface area contributed by atoms with Gasteiger partial charge in [0.15, 0.2) is 0 Å². The Labute approximate surface area is 120 Å². The molecule has 1 aromatic rings. The van der Waals surface area contributed by atoms with E-state index in [0.717, 1.165) is 17.1 Å². The lowest BCUT2D eigenvalue weighted by Crippen LogP contribution is -2.31. The molecule has 1 aromatic carbocycles. The number of anilines is 2. The molecule has 0 amide bonds. The average Bonchev–Trinajstić information content (AvgIpc) is 2.38. The first-order valence-corrected chi connectivity index (χ1v) is 7.24. The molecule has 2 unspecified atom stereocenters. The van der Waals surface area contributed by atoms with Gasteiger partial charge >= 0.3 is 0 Å². The van der Waals surface area contributed by atoms with Gasteiger partial charge in [0.1, 0.15) is 0 Å². The Hall–Kier alpha value is -0.930. The molecule has 1 N–H and O–H groups in total. The molecule has 0 saturated heterocycles. The lowest BCUT2D eigenvalue weighted by atomic mass is 9.92. The topological polar surface area (TPSA) is 24.5 Å². The number of rotatable bonds is 4. The minimum absolute atomic E-state index is 0.383. The van der Waals surface area contributed by atoms with E-state index in [1.165, 1.54) is 24.9 Å². The largest absolute Gasteiger partial charge is 0.381 e. The molecule has 3 nitrogen and oxygen atoms in total. The fourth-order valence-electron chi connectivity index (χ4n) is 2.72. The smallest absolute Gasteiger partial charge is 0.0597 e. The minimum atomic E-state index is 0.383. The third-order valence-corrected chi connectivity index (χ3v) is 3.99. The summed E-state index contributed by atoms with van der Waals surface area (Å²) in [5.74, 6) is 0. The van der Waals surface area contributed by atoms with Gasteiger partial charge in [-0.15, -0.1) is 0 Å². The Balaban J connectivity index is 2.11. The van der Waals surface area contributed by atoms with E-state index in [9.17, 15) is 0 Å². The summed E-state index contributed by atoms with van der Waals surface area (Å²) >= 11 is 6.11. The zero-order valence-electron chi connectivity index (χ0n) is 11.9. The summed E-state index contributed by atoms with van der Waals surface area (Å²) in [6, 6.07) is 6.46. The van der Waals surface area contributed by atoms with Crippen molar-refractivity contribution in [2.45, 2.75) is 37.8 Å². The summed E-state index contributed by atoms with van der Waals surface area (Å²) in [4.78, 5) is 2.11. The highest BCUT2D eigenvalue weighted by Crippen LogP contribution is 2.31. The van der Waals surface area contributed by atoms with Crippen molar-refractivity contribution in [2.75, 3.05) is 31.4 Å². The SMILES string of the molecule is COC1CCCC(Nc2cc(Cl)ccc2N(C)C)C1. The maximum Gasteiger partial charge on any atom is 0.0597 e. The number of halogens is 1. The fraction of sp³-hybridized carbons (Fsp3) is 0.600. The highest BCUT2D eigenvalue weighted by Gasteiger charge is 2.22. The highest BCUT2D eigenvalue weighted by atomic mass is 35.5. The van der Waals surface area contributed by atoms with Crippen LogP contribution in [0.1, 0.15) is 25.7 Å². The van der Waals surface area contributed by atoms with Gasteiger partial charge in [0.2, 0.25) is 0 Å². The van der Waals surface area contributed by atoms with E-state index in [4.69, 9.17) is 16.3 Å². The molecule has 1 aliphatic rings. The molecule has 2 rings (SSSR count). The van der Waals surface area contributed by atoms with Crippen LogP contribution in [0.15, 0.2) is 18.2 Å². The number of ether oxygens (including phenoxy) is 1. The van der Waals surface area contributed by atoms with Gasteiger partial charge in [0, 0.05) is 32.3 Å². The van der Waals surface area contributed by atoms with Crippen molar-refractivity contribution < 1.29 is 4.74 Å². The molecule has 106 valence electrons. The van der Waals surface area contributed by atoms with Crippen LogP contribution in [0.25, 0.3) is 0 Å². The van der Waals surface area contributed by atoms with Crippen LogP contribution in [-0.4, -0.2) is 33.4 Å². The van der Waals surface area contributed by atoms with Crippen LogP contribution < -0.4 is 10.2 Å². The van der Waals surface area contributed by atoms with Crippen molar-refractivity contribution >= 4 is 23.0 Å². The lowest BCUT2D eigenvalue weighted by molar-refractivity contribution is 0.0669. The van der Waals surface area contributed by atoms with Crippen LogP contribution in [0.2, 0.25) is 5.02 Å². The molecule has 19 heavy (non-hydrogen) atoms. The van der Waals surface area contributed by atoms with E-state index in [1.54, 1.807) is 7.11 Å². The molecule has 0 spiro atoms. The minimum Gasteiger partial charge on any atom is -0.381 e. The third-order valence-electron chi connectivity index (χ3n) is 3.76. The Morgan fingerprint density at radius 2 is 2.11 bits per heavy atom. The Bertz CT molecular complexity index is 423. The number of nitrogens with one attached hydrogen (secondary N) is 1. The normalized spacial score (nSPS) is 23.2. The monoisotopic (exact) mass is 282 g/mol. The zero-order valence-corrected chi connectivity index (χ0v) is 12.7. The van der Waals surface area contributed by atoms with Crippen molar-refractivity contribution in [1.29, 1.82) is 0 Å². The second-order valence-corrected chi connectivity index (χ2v) is 5.86. The molecular formula is C15H23ClN2O. The van der Waals surface area contributed by atoms with Crippen molar-refractivity contribution in [3.8, 4) is 0 Å². The molecule has 0 aromatic heterocycles. The Morgan fingerprint density at radius 3 is 2.79 bits per heavy atom. The number of methoxy groups -OCH3 is 1. The molecule has 1 aliphatic carbocycles. The summed E-state index contributed by atoms with van der Waals surface area (Å²) in [6.07, 6.45) is 5.03. The summed E-state index contributed by atoms with van der Waals surface area (Å²) < 4.78 is 5.48. The number of benzene rings is 1. The van der Waals surface area contributed by atoms with E-state index < -0.39 is 0 Å². The van der Waals surface area contributed by atoms with Crippen molar-refractivity contribution in [3.63, 3.8) is 0 Å². The van der Waals surface area contributed by atoms with Gasteiger partial charge < -0.3 is 15.0 Å². The zero-order chi connectivity index (χ0) is 13.8. The molecule has 0 radical (unpaired) electrons. The van der Waals surface area contributed by atoms with Gasteiger partial charge in [-0.3, -0.25) is 0 Å². The van der Waals surface area contributed by atoms with Crippen LogP contribution in [0.4, 0.5) is 11.4 Å². The maximum atomic E-state index is 6.11. The van der Waals surface area contributed by atoms with Crippen LogP contribution in [-0.2, 0) is 4.74 Å². The average molecular weight is 283 g/mol. The molecule has 0 aliphatic heterocycles. The van der Waals surface area contributed by atoms with E-state index in [1.807, 2.05) is 26.2 Å². The first-order valence-electron chi connectivity index (χ1n) is 6.86. The summed E-state index contributed by atoms with van der Waals surface area (Å²) in [5.41, 5.74) is 2.28. The number of hydrogen-bond acceptors (Lipinski definition) is 3. The summed E-state index contributed by atoms with van der Waals surface area (Å²) in [6.45, 7) is 0. The van der Waals surface area contributed by atoms with Crippen LogP contribution in [0.3, 0.4) is 0 Å². The van der Waals surface area contributed by atoms with Crippen LogP contribution in [0, 0.1) is 0 Å². The molecule has 0 bridgehead atoms. The Kier molecular flexibility index (Phi) is 4.94. The van der Waals surface area contributed by atoms with Gasteiger partial charge in [-0.1, -0.05) is 11.6 Å². The quantitative estimate of drug-likeness (QED) is 0.910. The third kappa shape index (κ3) is 3.77. The van der Waals surface area contributed by atoms with Gasteiger partial charge in [0.05, 0.1) is 17.5 Å². The predicted molar refractivity (Wildman–Crippen MR) is 82.5 cm³/mol. The molecule has 4 heteroatoms. The van der Waals surface area contributed by atoms with Gasteiger partial charge in [-0.05, 0) is 43.9 Å². The van der Waals surface area contributed by atoms with Gasteiger partial charge in [-0.2, -0.15) is 0 Å². The predicted octanol–water partition coefficient (Wildman–Crippen LogP) is 3.78. The standard InChI is InChI=1S/C15H23ClN2O/c1-18(2)15-8-7-11(16)9-14(15)17-12-5-4-6-13(10-12)19-3/h7-9,12-13,17H,4-6,10H2,1-3H3. The van der Waals surface area contributed by atoms with E-state index >= 15 is 0 Å². The first-order chi connectivity index (χ1) is 9.10. The highest BCUT2D eigenvalue weighted by molar-refractivity contribution is 6.31. The second-order valence-electron chi connectivity index (χ2n) is 5.42.